The van der Waals surface area contributed by atoms with Gasteiger partial charge in [-0.15, -0.1) is 12.4 Å². The molecule has 2 aromatic carbocycles. The molecule has 1 saturated heterocycles. The highest BCUT2D eigenvalue weighted by molar-refractivity contribution is 5.96. The van der Waals surface area contributed by atoms with Crippen molar-refractivity contribution in [2.24, 2.45) is 11.7 Å². The quantitative estimate of drug-likeness (QED) is 0.816. The zero-order valence-electron chi connectivity index (χ0n) is 15.4. The second kappa shape index (κ2) is 9.53. The minimum atomic E-state index is -0.377. The van der Waals surface area contributed by atoms with Crippen LogP contribution in [0.5, 0.6) is 0 Å². The van der Waals surface area contributed by atoms with Crippen LogP contribution in [0.4, 0.5) is 11.4 Å². The lowest BCUT2D eigenvalue weighted by atomic mass is 9.94. The molecule has 2 unspecified atom stereocenters. The summed E-state index contributed by atoms with van der Waals surface area (Å²) in [6.07, 6.45) is 2.53. The van der Waals surface area contributed by atoms with Crippen molar-refractivity contribution in [3.63, 3.8) is 0 Å². The molecule has 144 valence electrons. The van der Waals surface area contributed by atoms with Gasteiger partial charge in [-0.1, -0.05) is 43.3 Å². The fourth-order valence-corrected chi connectivity index (χ4v) is 3.21. The Morgan fingerprint density at radius 1 is 1.11 bits per heavy atom. The molecule has 2 aromatic rings. The molecule has 0 aliphatic carbocycles. The fraction of sp³-hybridized carbons (Fsp3) is 0.333. The normalized spacial score (nSPS) is 16.2. The van der Waals surface area contributed by atoms with Crippen LogP contribution in [0.25, 0.3) is 0 Å². The molecule has 3 N–H and O–H groups in total. The van der Waals surface area contributed by atoms with Crippen LogP contribution < -0.4 is 16.0 Å². The summed E-state index contributed by atoms with van der Waals surface area (Å²) in [6.45, 7) is 2.55. The Labute approximate surface area is 166 Å². The van der Waals surface area contributed by atoms with Crippen molar-refractivity contribution in [1.82, 2.24) is 0 Å². The van der Waals surface area contributed by atoms with E-state index in [4.69, 9.17) is 5.73 Å². The van der Waals surface area contributed by atoms with Gasteiger partial charge >= 0.3 is 0 Å². The van der Waals surface area contributed by atoms with Crippen molar-refractivity contribution in [2.45, 2.75) is 32.2 Å². The Balaban J connectivity index is 0.00000261. The average molecular weight is 388 g/mol. The first-order valence-electron chi connectivity index (χ1n) is 9.08. The number of halogens is 1. The molecular formula is C21H26ClN3O2. The van der Waals surface area contributed by atoms with Gasteiger partial charge in [-0.2, -0.15) is 0 Å². The largest absolute Gasteiger partial charge is 0.326 e. The molecule has 0 saturated carbocycles. The predicted octanol–water partition coefficient (Wildman–Crippen LogP) is 3.90. The van der Waals surface area contributed by atoms with Crippen molar-refractivity contribution in [3.05, 3.63) is 60.2 Å². The average Bonchev–Trinajstić information content (AvgIpc) is 2.68. The number of amides is 2. The summed E-state index contributed by atoms with van der Waals surface area (Å²) in [6, 6.07) is 16.7. The van der Waals surface area contributed by atoms with Gasteiger partial charge < -0.3 is 16.0 Å². The highest BCUT2D eigenvalue weighted by atomic mass is 35.5. The summed E-state index contributed by atoms with van der Waals surface area (Å²) in [7, 11) is 0. The number of nitrogens with zero attached hydrogens (tertiary/aromatic N) is 1. The van der Waals surface area contributed by atoms with E-state index in [1.165, 1.54) is 0 Å². The van der Waals surface area contributed by atoms with E-state index in [9.17, 15) is 9.59 Å². The standard InChI is InChI=1S/C21H25N3O2.ClH/c1-15(20(22)16-8-3-2-4-9-16)21(26)23-17-10-7-11-18(14-17)24-13-6-5-12-19(24)25;/h2-4,7-11,14-15,20H,5-6,12-13,22H2,1H3,(H,23,26);1H. The third-order valence-corrected chi connectivity index (χ3v) is 4.89. The maximum atomic E-state index is 12.6. The van der Waals surface area contributed by atoms with Gasteiger partial charge in [-0.25, -0.2) is 0 Å². The first-order chi connectivity index (χ1) is 12.6. The van der Waals surface area contributed by atoms with Gasteiger partial charge in [-0.3, -0.25) is 9.59 Å². The zero-order chi connectivity index (χ0) is 18.5. The Bertz CT molecular complexity index is 782. The summed E-state index contributed by atoms with van der Waals surface area (Å²) in [5, 5.41) is 2.93. The second-order valence-corrected chi connectivity index (χ2v) is 6.77. The van der Waals surface area contributed by atoms with Gasteiger partial charge in [0.2, 0.25) is 11.8 Å². The third-order valence-electron chi connectivity index (χ3n) is 4.89. The van der Waals surface area contributed by atoms with Crippen molar-refractivity contribution in [1.29, 1.82) is 0 Å². The zero-order valence-corrected chi connectivity index (χ0v) is 16.2. The molecule has 2 atom stereocenters. The van der Waals surface area contributed by atoms with Gasteiger partial charge in [0.05, 0.1) is 5.92 Å². The lowest BCUT2D eigenvalue weighted by Gasteiger charge is -2.27. The molecule has 5 nitrogen and oxygen atoms in total. The van der Waals surface area contributed by atoms with Crippen LogP contribution in [0.2, 0.25) is 0 Å². The van der Waals surface area contributed by atoms with Crippen LogP contribution in [-0.2, 0) is 9.59 Å². The highest BCUT2D eigenvalue weighted by Crippen LogP contribution is 2.25. The fourth-order valence-electron chi connectivity index (χ4n) is 3.21. The van der Waals surface area contributed by atoms with E-state index in [0.29, 0.717) is 12.1 Å². The number of nitrogens with two attached hydrogens (primary N) is 1. The molecule has 6 heteroatoms. The number of benzene rings is 2. The topological polar surface area (TPSA) is 75.4 Å². The van der Waals surface area contributed by atoms with E-state index >= 15 is 0 Å². The number of piperidine rings is 1. The molecule has 1 heterocycles. The molecule has 27 heavy (non-hydrogen) atoms. The van der Waals surface area contributed by atoms with Gasteiger partial charge in [0.25, 0.3) is 0 Å². The molecule has 0 aromatic heterocycles. The molecular weight excluding hydrogens is 362 g/mol. The minimum Gasteiger partial charge on any atom is -0.326 e. The SMILES string of the molecule is CC(C(=O)Nc1cccc(N2CCCCC2=O)c1)C(N)c1ccccc1.Cl. The second-order valence-electron chi connectivity index (χ2n) is 6.77. The lowest BCUT2D eigenvalue weighted by Crippen LogP contribution is -2.35. The number of hydrogen-bond donors (Lipinski definition) is 2. The number of carbonyl (C=O) groups excluding carboxylic acids is 2. The molecule has 3 rings (SSSR count). The summed E-state index contributed by atoms with van der Waals surface area (Å²) in [5.74, 6) is -0.375. The van der Waals surface area contributed by atoms with Gasteiger partial charge in [0, 0.05) is 30.4 Å². The maximum absolute atomic E-state index is 12.6. The van der Waals surface area contributed by atoms with E-state index in [0.717, 1.165) is 30.6 Å². The Kier molecular flexibility index (Phi) is 7.39. The molecule has 0 radical (unpaired) electrons. The van der Waals surface area contributed by atoms with Crippen molar-refractivity contribution in [3.8, 4) is 0 Å². The van der Waals surface area contributed by atoms with Gasteiger partial charge in [0.1, 0.15) is 0 Å². The summed E-state index contributed by atoms with van der Waals surface area (Å²) >= 11 is 0. The van der Waals surface area contributed by atoms with Crippen molar-refractivity contribution >= 4 is 35.6 Å². The molecule has 1 aliphatic rings. The summed E-state index contributed by atoms with van der Waals surface area (Å²) in [4.78, 5) is 26.5. The Morgan fingerprint density at radius 2 is 1.85 bits per heavy atom. The molecule has 1 fully saturated rings. The van der Waals surface area contributed by atoms with Crippen LogP contribution in [0, 0.1) is 5.92 Å². The van der Waals surface area contributed by atoms with E-state index in [2.05, 4.69) is 5.32 Å². The smallest absolute Gasteiger partial charge is 0.229 e. The molecule has 0 bridgehead atoms. The van der Waals surface area contributed by atoms with Crippen LogP contribution in [-0.4, -0.2) is 18.4 Å². The van der Waals surface area contributed by atoms with E-state index in [-0.39, 0.29) is 36.2 Å². The van der Waals surface area contributed by atoms with Crippen LogP contribution in [0.3, 0.4) is 0 Å². The van der Waals surface area contributed by atoms with Crippen LogP contribution in [0.15, 0.2) is 54.6 Å². The van der Waals surface area contributed by atoms with Gasteiger partial charge in [-0.05, 0) is 36.6 Å². The Morgan fingerprint density at radius 3 is 2.56 bits per heavy atom. The lowest BCUT2D eigenvalue weighted by molar-refractivity contribution is -0.120. The first-order valence-corrected chi connectivity index (χ1v) is 9.08. The summed E-state index contributed by atoms with van der Waals surface area (Å²) < 4.78 is 0. The maximum Gasteiger partial charge on any atom is 0.229 e. The number of nitrogens with one attached hydrogen (secondary N) is 1. The molecule has 2 amide bonds. The monoisotopic (exact) mass is 387 g/mol. The van der Waals surface area contributed by atoms with Crippen molar-refractivity contribution in [2.75, 3.05) is 16.8 Å². The Hall–Kier alpha value is -2.37. The van der Waals surface area contributed by atoms with Crippen LogP contribution >= 0.6 is 12.4 Å². The minimum absolute atomic E-state index is 0. The number of carbonyl (C=O) groups is 2. The van der Waals surface area contributed by atoms with Crippen LogP contribution in [0.1, 0.15) is 37.8 Å². The summed E-state index contributed by atoms with van der Waals surface area (Å²) in [5.41, 5.74) is 8.68. The van der Waals surface area contributed by atoms with Crippen molar-refractivity contribution < 1.29 is 9.59 Å². The van der Waals surface area contributed by atoms with E-state index < -0.39 is 0 Å². The number of anilines is 2. The number of hydrogen-bond acceptors (Lipinski definition) is 3. The molecule has 0 spiro atoms. The number of rotatable bonds is 5. The third kappa shape index (κ3) is 5.08. The van der Waals surface area contributed by atoms with E-state index in [1.807, 2.05) is 61.5 Å². The predicted molar refractivity (Wildman–Crippen MR) is 111 cm³/mol. The highest BCUT2D eigenvalue weighted by Gasteiger charge is 2.23. The van der Waals surface area contributed by atoms with Gasteiger partial charge in [0.15, 0.2) is 0 Å². The first kappa shape index (κ1) is 20.9. The van der Waals surface area contributed by atoms with E-state index in [1.54, 1.807) is 4.90 Å². The molecule has 1 aliphatic heterocycles.